The lowest BCUT2D eigenvalue weighted by atomic mass is 10.5. The van der Waals surface area contributed by atoms with Gasteiger partial charge in [0.2, 0.25) is 0 Å². The summed E-state index contributed by atoms with van der Waals surface area (Å²) in [6.07, 6.45) is 2.48. The molecule has 0 N–H and O–H groups in total. The molecule has 4 nitrogen and oxygen atoms in total. The maximum Gasteiger partial charge on any atom is 0.530 e. The van der Waals surface area contributed by atoms with Crippen LogP contribution in [0.4, 0.5) is 0 Å². The van der Waals surface area contributed by atoms with Crippen LogP contribution in [0.2, 0.25) is 0 Å². The smallest absolute Gasteiger partial charge is 0.375 e. The van der Waals surface area contributed by atoms with Gasteiger partial charge < -0.3 is 18.0 Å². The second-order valence-corrected chi connectivity index (χ2v) is 5.81. The molecule has 0 aromatic rings. The third-order valence-corrected chi connectivity index (χ3v) is 5.10. The van der Waals surface area contributed by atoms with Crippen LogP contribution in [0, 0.1) is 0 Å². The molecule has 1 unspecified atom stereocenters. The molecule has 5 heteroatoms. The number of hydrogen-bond acceptors (Lipinski definition) is 4. The van der Waals surface area contributed by atoms with Gasteiger partial charge in [-0.05, 0) is 6.42 Å². The van der Waals surface area contributed by atoms with Gasteiger partial charge in [0, 0.05) is 21.3 Å². The zero-order chi connectivity index (χ0) is 11.0. The van der Waals surface area contributed by atoms with Crippen LogP contribution in [0.1, 0.15) is 13.3 Å². The molecule has 0 radical (unpaired) electrons. The summed E-state index contributed by atoms with van der Waals surface area (Å²) in [5.41, 5.74) is -0.138. The van der Waals surface area contributed by atoms with Gasteiger partial charge in [-0.15, -0.1) is 6.58 Å². The Kier molecular flexibility index (Phi) is 7.03. The summed E-state index contributed by atoms with van der Waals surface area (Å²) >= 11 is 0. The Bertz CT molecular complexity index is 151. The van der Waals surface area contributed by atoms with E-state index in [0.29, 0.717) is 6.61 Å². The van der Waals surface area contributed by atoms with E-state index in [1.165, 1.54) is 0 Å². The van der Waals surface area contributed by atoms with Crippen LogP contribution in [0.25, 0.3) is 0 Å². The first-order valence-electron chi connectivity index (χ1n) is 4.58. The largest absolute Gasteiger partial charge is 0.530 e. The fourth-order valence-electron chi connectivity index (χ4n) is 1.30. The summed E-state index contributed by atoms with van der Waals surface area (Å²) < 4.78 is 21.5. The van der Waals surface area contributed by atoms with Crippen LogP contribution < -0.4 is 0 Å². The molecular formula is C9H20O4Si. The molecular weight excluding hydrogens is 200 g/mol. The predicted molar refractivity (Wildman–Crippen MR) is 57.0 cm³/mol. The Labute approximate surface area is 87.2 Å². The molecule has 0 spiro atoms. The molecule has 0 heterocycles. The highest BCUT2D eigenvalue weighted by atomic mass is 28.4. The van der Waals surface area contributed by atoms with E-state index in [0.717, 1.165) is 6.42 Å². The van der Waals surface area contributed by atoms with E-state index in [4.69, 9.17) is 18.0 Å². The van der Waals surface area contributed by atoms with Gasteiger partial charge in [-0.1, -0.05) is 13.0 Å². The van der Waals surface area contributed by atoms with Gasteiger partial charge in [-0.3, -0.25) is 0 Å². The summed E-state index contributed by atoms with van der Waals surface area (Å²) in [5, 5.41) is 0. The van der Waals surface area contributed by atoms with Crippen molar-refractivity contribution in [3.8, 4) is 0 Å². The SMILES string of the molecule is C=CCOC(CC)[Si](OC)(OC)OC. The molecule has 84 valence electrons. The molecule has 0 fully saturated rings. The lowest BCUT2D eigenvalue weighted by molar-refractivity contribution is 0.0220. The van der Waals surface area contributed by atoms with Crippen molar-refractivity contribution in [2.75, 3.05) is 27.9 Å². The molecule has 14 heavy (non-hydrogen) atoms. The van der Waals surface area contributed by atoms with Crippen molar-refractivity contribution >= 4 is 8.80 Å². The van der Waals surface area contributed by atoms with Gasteiger partial charge in [-0.25, -0.2) is 0 Å². The first-order valence-corrected chi connectivity index (χ1v) is 6.38. The lowest BCUT2D eigenvalue weighted by Gasteiger charge is -2.31. The summed E-state index contributed by atoms with van der Waals surface area (Å²) in [7, 11) is 2.09. The van der Waals surface area contributed by atoms with E-state index < -0.39 is 8.80 Å². The molecule has 0 aromatic heterocycles. The molecule has 0 aliphatic heterocycles. The van der Waals surface area contributed by atoms with Crippen molar-refractivity contribution in [1.29, 1.82) is 0 Å². The van der Waals surface area contributed by atoms with Crippen LogP contribution in [0.15, 0.2) is 12.7 Å². The normalized spacial score (nSPS) is 14.0. The molecule has 0 rings (SSSR count). The van der Waals surface area contributed by atoms with Crippen molar-refractivity contribution in [1.82, 2.24) is 0 Å². The maximum absolute atomic E-state index is 5.55. The van der Waals surface area contributed by atoms with Crippen molar-refractivity contribution in [2.45, 2.75) is 19.1 Å². The van der Waals surface area contributed by atoms with Crippen LogP contribution in [0.3, 0.4) is 0 Å². The molecule has 0 aliphatic rings. The van der Waals surface area contributed by atoms with Crippen molar-refractivity contribution < 1.29 is 18.0 Å². The molecule has 0 bridgehead atoms. The fourth-order valence-corrected chi connectivity index (χ4v) is 3.39. The number of rotatable bonds is 8. The first-order chi connectivity index (χ1) is 6.70. The highest BCUT2D eigenvalue weighted by Crippen LogP contribution is 2.17. The zero-order valence-corrected chi connectivity index (χ0v) is 10.4. The van der Waals surface area contributed by atoms with Crippen LogP contribution >= 0.6 is 0 Å². The van der Waals surface area contributed by atoms with Crippen molar-refractivity contribution in [2.24, 2.45) is 0 Å². The Morgan fingerprint density at radius 3 is 2.00 bits per heavy atom. The molecule has 0 aromatic carbocycles. The van der Waals surface area contributed by atoms with E-state index >= 15 is 0 Å². The summed E-state index contributed by atoms with van der Waals surface area (Å²) in [4.78, 5) is 0. The minimum Gasteiger partial charge on any atom is -0.375 e. The summed E-state index contributed by atoms with van der Waals surface area (Å²) in [6, 6.07) is 0. The van der Waals surface area contributed by atoms with Gasteiger partial charge in [0.05, 0.1) is 6.61 Å². The zero-order valence-electron chi connectivity index (χ0n) is 9.41. The fraction of sp³-hybridized carbons (Fsp3) is 0.778. The third-order valence-electron chi connectivity index (χ3n) is 2.03. The minimum atomic E-state index is -2.65. The van der Waals surface area contributed by atoms with E-state index in [-0.39, 0.29) is 5.73 Å². The topological polar surface area (TPSA) is 36.9 Å². The number of ether oxygens (including phenoxy) is 1. The third kappa shape index (κ3) is 3.18. The lowest BCUT2D eigenvalue weighted by Crippen LogP contribution is -2.55. The average molecular weight is 220 g/mol. The Hall–Kier alpha value is -0.203. The van der Waals surface area contributed by atoms with Crippen LogP contribution in [-0.2, 0) is 18.0 Å². The van der Waals surface area contributed by atoms with Crippen LogP contribution in [0.5, 0.6) is 0 Å². The second kappa shape index (κ2) is 7.14. The Balaban J connectivity index is 4.47. The van der Waals surface area contributed by atoms with Crippen LogP contribution in [-0.4, -0.2) is 42.5 Å². The standard InChI is InChI=1S/C9H20O4Si/c1-6-8-13-9(7-2)14(10-3,11-4)12-5/h6,9H,1,7-8H2,2-5H3. The summed E-state index contributed by atoms with van der Waals surface area (Å²) in [5.74, 6) is 0. The average Bonchev–Trinajstić information content (AvgIpc) is 2.25. The van der Waals surface area contributed by atoms with Gasteiger partial charge in [-0.2, -0.15) is 0 Å². The quantitative estimate of drug-likeness (QED) is 0.457. The van der Waals surface area contributed by atoms with Gasteiger partial charge in [0.15, 0.2) is 0 Å². The van der Waals surface area contributed by atoms with Crippen molar-refractivity contribution in [3.63, 3.8) is 0 Å². The molecule has 1 atom stereocenters. The van der Waals surface area contributed by atoms with E-state index in [9.17, 15) is 0 Å². The van der Waals surface area contributed by atoms with E-state index in [2.05, 4.69) is 6.58 Å². The highest BCUT2D eigenvalue weighted by molar-refractivity contribution is 6.62. The highest BCUT2D eigenvalue weighted by Gasteiger charge is 2.47. The van der Waals surface area contributed by atoms with Gasteiger partial charge in [0.1, 0.15) is 5.73 Å². The molecule has 0 amide bonds. The minimum absolute atomic E-state index is 0.138. The monoisotopic (exact) mass is 220 g/mol. The Morgan fingerprint density at radius 1 is 1.21 bits per heavy atom. The van der Waals surface area contributed by atoms with Gasteiger partial charge >= 0.3 is 8.80 Å². The van der Waals surface area contributed by atoms with Crippen molar-refractivity contribution in [3.05, 3.63) is 12.7 Å². The second-order valence-electron chi connectivity index (χ2n) is 2.73. The van der Waals surface area contributed by atoms with E-state index in [1.54, 1.807) is 27.4 Å². The van der Waals surface area contributed by atoms with Gasteiger partial charge in [0.25, 0.3) is 0 Å². The number of hydrogen-bond donors (Lipinski definition) is 0. The predicted octanol–water partition coefficient (Wildman–Crippen LogP) is 1.38. The molecule has 0 saturated carbocycles. The Morgan fingerprint density at radius 2 is 1.71 bits per heavy atom. The van der Waals surface area contributed by atoms with E-state index in [1.807, 2.05) is 6.92 Å². The summed E-state index contributed by atoms with van der Waals surface area (Å²) in [6.45, 7) is 6.08. The maximum atomic E-state index is 5.55. The first kappa shape index (κ1) is 13.8. The molecule has 0 saturated heterocycles. The molecule has 0 aliphatic carbocycles.